The van der Waals surface area contributed by atoms with Gasteiger partial charge >= 0.3 is 0 Å². The van der Waals surface area contributed by atoms with E-state index in [4.69, 9.17) is 9.72 Å². The Morgan fingerprint density at radius 3 is 3.00 bits per heavy atom. The van der Waals surface area contributed by atoms with Crippen LogP contribution in [-0.4, -0.2) is 40.5 Å². The molecule has 2 fully saturated rings. The number of nitrogens with zero attached hydrogens (tertiary/aromatic N) is 3. The van der Waals surface area contributed by atoms with E-state index in [0.717, 1.165) is 55.0 Å². The van der Waals surface area contributed by atoms with Crippen LogP contribution in [0.5, 0.6) is 5.88 Å². The van der Waals surface area contributed by atoms with E-state index in [1.54, 1.807) is 13.1 Å². The van der Waals surface area contributed by atoms with Gasteiger partial charge in [-0.1, -0.05) is 0 Å². The van der Waals surface area contributed by atoms with Crippen molar-refractivity contribution in [3.8, 4) is 5.88 Å². The first-order valence-electron chi connectivity index (χ1n) is 8.84. The quantitative estimate of drug-likeness (QED) is 0.866. The van der Waals surface area contributed by atoms with Crippen molar-refractivity contribution < 1.29 is 9.53 Å². The average molecular weight is 325 g/mol. The van der Waals surface area contributed by atoms with Crippen molar-refractivity contribution in [1.82, 2.24) is 14.9 Å². The van der Waals surface area contributed by atoms with Gasteiger partial charge in [0.15, 0.2) is 0 Å². The van der Waals surface area contributed by atoms with Gasteiger partial charge in [0, 0.05) is 37.7 Å². The molecule has 126 valence electrons. The zero-order valence-electron chi connectivity index (χ0n) is 14.1. The lowest BCUT2D eigenvalue weighted by Crippen LogP contribution is -2.37. The summed E-state index contributed by atoms with van der Waals surface area (Å²) in [5, 5.41) is 0. The maximum atomic E-state index is 11.8. The van der Waals surface area contributed by atoms with Gasteiger partial charge in [-0.05, 0) is 49.8 Å². The van der Waals surface area contributed by atoms with Crippen LogP contribution in [0.3, 0.4) is 0 Å². The van der Waals surface area contributed by atoms with Crippen molar-refractivity contribution >= 4 is 16.9 Å². The lowest BCUT2D eigenvalue weighted by atomic mass is 9.91. The summed E-state index contributed by atoms with van der Waals surface area (Å²) in [4.78, 5) is 22.9. The third-order valence-corrected chi connectivity index (χ3v) is 5.04. The molecule has 2 aromatic heterocycles. The Morgan fingerprint density at radius 1 is 1.33 bits per heavy atom. The van der Waals surface area contributed by atoms with Gasteiger partial charge in [0.05, 0.1) is 17.6 Å². The summed E-state index contributed by atoms with van der Waals surface area (Å²) in [6.07, 6.45) is 6.38. The predicted molar refractivity (Wildman–Crippen MR) is 92.0 cm³/mol. The summed E-state index contributed by atoms with van der Waals surface area (Å²) in [6, 6.07) is 5.98. The highest BCUT2D eigenvalue weighted by molar-refractivity contribution is 5.76. The number of aromatic nitrogens is 2. The maximum Gasteiger partial charge on any atom is 0.219 e. The SMILES string of the molecule is CC(=O)N1CCCC(c2cc3ncccc3nc2OCC2CC2)C1. The van der Waals surface area contributed by atoms with E-state index in [2.05, 4.69) is 11.1 Å². The van der Waals surface area contributed by atoms with Crippen LogP contribution in [0.15, 0.2) is 24.4 Å². The minimum absolute atomic E-state index is 0.145. The monoisotopic (exact) mass is 325 g/mol. The smallest absolute Gasteiger partial charge is 0.219 e. The molecule has 3 heterocycles. The highest BCUT2D eigenvalue weighted by atomic mass is 16.5. The molecule has 24 heavy (non-hydrogen) atoms. The number of carbonyl (C=O) groups excluding carboxylic acids is 1. The normalized spacial score (nSPS) is 21.0. The van der Waals surface area contributed by atoms with Crippen LogP contribution in [0.2, 0.25) is 0 Å². The molecular formula is C19H23N3O2. The molecule has 1 atom stereocenters. The van der Waals surface area contributed by atoms with Crippen LogP contribution < -0.4 is 4.74 Å². The molecule has 0 aromatic carbocycles. The number of fused-ring (bicyclic) bond motifs is 1. The van der Waals surface area contributed by atoms with E-state index in [0.29, 0.717) is 5.92 Å². The van der Waals surface area contributed by atoms with E-state index < -0.39 is 0 Å². The van der Waals surface area contributed by atoms with Crippen LogP contribution in [0, 0.1) is 5.92 Å². The van der Waals surface area contributed by atoms with E-state index in [1.165, 1.54) is 12.8 Å². The standard InChI is InChI=1S/C19H23N3O2/c1-13(23)22-9-3-4-15(11-22)16-10-18-17(5-2-8-20-18)21-19(16)24-12-14-6-7-14/h2,5,8,10,14-15H,3-4,6-7,9,11-12H2,1H3. The first kappa shape index (κ1) is 15.4. The molecule has 2 aromatic rings. The molecule has 4 rings (SSSR count). The molecule has 1 aliphatic heterocycles. The Hall–Kier alpha value is -2.17. The van der Waals surface area contributed by atoms with E-state index in [1.807, 2.05) is 17.0 Å². The highest BCUT2D eigenvalue weighted by Crippen LogP contribution is 2.36. The van der Waals surface area contributed by atoms with Gasteiger partial charge in [0.1, 0.15) is 0 Å². The molecule has 0 spiro atoms. The number of piperidine rings is 1. The lowest BCUT2D eigenvalue weighted by molar-refractivity contribution is -0.130. The molecule has 1 amide bonds. The van der Waals surface area contributed by atoms with Crippen LogP contribution >= 0.6 is 0 Å². The Labute approximate surface area is 142 Å². The fourth-order valence-corrected chi connectivity index (χ4v) is 3.40. The van der Waals surface area contributed by atoms with E-state index in [-0.39, 0.29) is 11.8 Å². The van der Waals surface area contributed by atoms with Crippen LogP contribution in [0.4, 0.5) is 0 Å². The zero-order valence-corrected chi connectivity index (χ0v) is 14.1. The average Bonchev–Trinajstić information content (AvgIpc) is 3.43. The van der Waals surface area contributed by atoms with Crippen molar-refractivity contribution in [3.63, 3.8) is 0 Å². The van der Waals surface area contributed by atoms with Crippen molar-refractivity contribution in [3.05, 3.63) is 30.0 Å². The number of hydrogen-bond acceptors (Lipinski definition) is 4. The molecule has 5 nitrogen and oxygen atoms in total. The first-order chi connectivity index (χ1) is 11.7. The van der Waals surface area contributed by atoms with E-state index in [9.17, 15) is 4.79 Å². The van der Waals surface area contributed by atoms with Gasteiger partial charge in [0.2, 0.25) is 11.8 Å². The molecule has 1 unspecified atom stereocenters. The minimum atomic E-state index is 0.145. The maximum absolute atomic E-state index is 11.8. The number of hydrogen-bond donors (Lipinski definition) is 0. The third kappa shape index (κ3) is 3.21. The van der Waals surface area contributed by atoms with Crippen molar-refractivity contribution in [2.75, 3.05) is 19.7 Å². The van der Waals surface area contributed by atoms with Crippen molar-refractivity contribution in [1.29, 1.82) is 0 Å². The fourth-order valence-electron chi connectivity index (χ4n) is 3.40. The summed E-state index contributed by atoms with van der Waals surface area (Å²) < 4.78 is 6.08. The van der Waals surface area contributed by atoms with Gasteiger partial charge in [-0.2, -0.15) is 0 Å². The second-order valence-electron chi connectivity index (χ2n) is 6.98. The van der Waals surface area contributed by atoms with Crippen LogP contribution in [-0.2, 0) is 4.79 Å². The minimum Gasteiger partial charge on any atom is -0.477 e. The Kier molecular flexibility index (Phi) is 4.08. The second-order valence-corrected chi connectivity index (χ2v) is 6.98. The molecule has 0 bridgehead atoms. The number of pyridine rings is 2. The summed E-state index contributed by atoms with van der Waals surface area (Å²) in [6.45, 7) is 3.99. The fraction of sp³-hybridized carbons (Fsp3) is 0.526. The van der Waals surface area contributed by atoms with Crippen molar-refractivity contribution in [2.45, 2.75) is 38.5 Å². The van der Waals surface area contributed by atoms with Crippen molar-refractivity contribution in [2.24, 2.45) is 5.92 Å². The molecule has 1 aliphatic carbocycles. The Bertz CT molecular complexity index is 757. The molecule has 1 saturated heterocycles. The number of likely N-dealkylation sites (tertiary alicyclic amines) is 1. The molecule has 5 heteroatoms. The largest absolute Gasteiger partial charge is 0.477 e. The summed E-state index contributed by atoms with van der Waals surface area (Å²) >= 11 is 0. The topological polar surface area (TPSA) is 55.3 Å². The molecule has 1 saturated carbocycles. The third-order valence-electron chi connectivity index (χ3n) is 5.04. The number of ether oxygens (including phenoxy) is 1. The van der Waals surface area contributed by atoms with Gasteiger partial charge < -0.3 is 9.64 Å². The first-order valence-corrected chi connectivity index (χ1v) is 8.84. The van der Waals surface area contributed by atoms with Gasteiger partial charge in [-0.3, -0.25) is 9.78 Å². The lowest BCUT2D eigenvalue weighted by Gasteiger charge is -2.32. The number of rotatable bonds is 4. The van der Waals surface area contributed by atoms with Crippen LogP contribution in [0.25, 0.3) is 11.0 Å². The summed E-state index contributed by atoms with van der Waals surface area (Å²) in [5.74, 6) is 1.84. The van der Waals surface area contributed by atoms with Gasteiger partial charge in [-0.25, -0.2) is 4.98 Å². The number of carbonyl (C=O) groups is 1. The Balaban J connectivity index is 1.67. The molecule has 2 aliphatic rings. The summed E-state index contributed by atoms with van der Waals surface area (Å²) in [7, 11) is 0. The van der Waals surface area contributed by atoms with Gasteiger partial charge in [0.25, 0.3) is 0 Å². The Morgan fingerprint density at radius 2 is 2.21 bits per heavy atom. The zero-order chi connectivity index (χ0) is 16.5. The van der Waals surface area contributed by atoms with Gasteiger partial charge in [-0.15, -0.1) is 0 Å². The predicted octanol–water partition coefficient (Wildman–Crippen LogP) is 3.14. The second kappa shape index (κ2) is 6.38. The number of amides is 1. The van der Waals surface area contributed by atoms with E-state index >= 15 is 0 Å². The summed E-state index contributed by atoms with van der Waals surface area (Å²) in [5.41, 5.74) is 2.87. The molecule has 0 radical (unpaired) electrons. The van der Waals surface area contributed by atoms with Crippen LogP contribution in [0.1, 0.15) is 44.1 Å². The highest BCUT2D eigenvalue weighted by Gasteiger charge is 2.28. The molecule has 0 N–H and O–H groups in total. The molecular weight excluding hydrogens is 302 g/mol.